The van der Waals surface area contributed by atoms with Crippen LogP contribution in [0.4, 0.5) is 4.39 Å². The maximum atomic E-state index is 12.9. The maximum Gasteiger partial charge on any atom is 0.245 e. The Morgan fingerprint density at radius 2 is 2.00 bits per heavy atom. The highest BCUT2D eigenvalue weighted by Gasteiger charge is 2.26. The summed E-state index contributed by atoms with van der Waals surface area (Å²) >= 11 is 0. The molecule has 1 aliphatic heterocycles. The van der Waals surface area contributed by atoms with Crippen molar-refractivity contribution in [1.82, 2.24) is 14.5 Å². The van der Waals surface area contributed by atoms with Crippen LogP contribution >= 0.6 is 0 Å². The molecule has 0 aliphatic carbocycles. The molecular weight excluding hydrogens is 293 g/mol. The number of carbonyl (C=O) groups is 1. The quantitative estimate of drug-likeness (QED) is 0.869. The molecule has 1 atom stereocenters. The summed E-state index contributed by atoms with van der Waals surface area (Å²) in [6.45, 7) is 3.50. The summed E-state index contributed by atoms with van der Waals surface area (Å²) in [5.74, 6) is 0.527. The van der Waals surface area contributed by atoms with Crippen molar-refractivity contribution in [3.05, 3.63) is 54.4 Å². The summed E-state index contributed by atoms with van der Waals surface area (Å²) in [6.07, 6.45) is 8.16. The molecule has 5 heteroatoms. The molecule has 0 bridgehead atoms. The van der Waals surface area contributed by atoms with Crippen LogP contribution < -0.4 is 0 Å². The van der Waals surface area contributed by atoms with Gasteiger partial charge in [0.2, 0.25) is 5.91 Å². The van der Waals surface area contributed by atoms with Crippen molar-refractivity contribution in [2.75, 3.05) is 13.1 Å². The number of piperidine rings is 1. The molecule has 1 fully saturated rings. The van der Waals surface area contributed by atoms with Gasteiger partial charge in [-0.1, -0.05) is 12.1 Å². The van der Waals surface area contributed by atoms with Crippen molar-refractivity contribution in [2.45, 2.75) is 32.2 Å². The Hall–Kier alpha value is -2.17. The van der Waals surface area contributed by atoms with E-state index in [9.17, 15) is 9.18 Å². The second-order valence-electron chi connectivity index (χ2n) is 6.29. The lowest BCUT2D eigenvalue weighted by atomic mass is 9.90. The van der Waals surface area contributed by atoms with Gasteiger partial charge in [0.25, 0.3) is 0 Å². The van der Waals surface area contributed by atoms with Crippen molar-refractivity contribution in [3.8, 4) is 0 Å². The van der Waals surface area contributed by atoms with Gasteiger partial charge >= 0.3 is 0 Å². The van der Waals surface area contributed by atoms with Crippen LogP contribution in [0.5, 0.6) is 0 Å². The van der Waals surface area contributed by atoms with Crippen molar-refractivity contribution in [2.24, 2.45) is 5.92 Å². The smallest absolute Gasteiger partial charge is 0.245 e. The standard InChI is InChI=1S/C18H22FN3O/c1-14(22-11-8-20-13-22)18(23)21-9-6-16(7-10-21)12-15-2-4-17(19)5-3-15/h2-5,8,11,13-14,16H,6-7,9-10,12H2,1H3/t14-/m1/s1. The number of imidazole rings is 1. The molecule has 1 aliphatic rings. The predicted octanol–water partition coefficient (Wildman–Crippen LogP) is 3.06. The van der Waals surface area contributed by atoms with Gasteiger partial charge in [-0.15, -0.1) is 0 Å². The fraction of sp³-hybridized carbons (Fsp3) is 0.444. The zero-order chi connectivity index (χ0) is 16.2. The van der Waals surface area contributed by atoms with Crippen LogP contribution in [0.25, 0.3) is 0 Å². The third kappa shape index (κ3) is 3.78. The Balaban J connectivity index is 1.52. The molecule has 2 heterocycles. The van der Waals surface area contributed by atoms with E-state index >= 15 is 0 Å². The highest BCUT2D eigenvalue weighted by atomic mass is 19.1. The number of carbonyl (C=O) groups excluding carboxylic acids is 1. The van der Waals surface area contributed by atoms with Crippen LogP contribution in [0.15, 0.2) is 43.0 Å². The van der Waals surface area contributed by atoms with Gasteiger partial charge in [0.05, 0.1) is 6.33 Å². The Kier molecular flexibility index (Phi) is 4.74. The average Bonchev–Trinajstić information content (AvgIpc) is 3.11. The second kappa shape index (κ2) is 6.94. The number of halogens is 1. The first kappa shape index (κ1) is 15.7. The minimum absolute atomic E-state index is 0.156. The third-order valence-electron chi connectivity index (χ3n) is 4.69. The number of benzene rings is 1. The van der Waals surface area contributed by atoms with Gasteiger partial charge in [0, 0.05) is 25.5 Å². The van der Waals surface area contributed by atoms with Gasteiger partial charge < -0.3 is 9.47 Å². The number of rotatable bonds is 4. The van der Waals surface area contributed by atoms with Crippen LogP contribution in [0.3, 0.4) is 0 Å². The zero-order valence-corrected chi connectivity index (χ0v) is 13.4. The van der Waals surface area contributed by atoms with E-state index in [1.54, 1.807) is 12.5 Å². The summed E-state index contributed by atoms with van der Waals surface area (Å²) < 4.78 is 14.8. The molecule has 23 heavy (non-hydrogen) atoms. The molecule has 0 N–H and O–H groups in total. The second-order valence-corrected chi connectivity index (χ2v) is 6.29. The number of aromatic nitrogens is 2. The topological polar surface area (TPSA) is 38.1 Å². The van der Waals surface area contributed by atoms with Crippen molar-refractivity contribution < 1.29 is 9.18 Å². The van der Waals surface area contributed by atoms with Crippen molar-refractivity contribution in [3.63, 3.8) is 0 Å². The first-order valence-corrected chi connectivity index (χ1v) is 8.14. The Morgan fingerprint density at radius 3 is 2.61 bits per heavy atom. The zero-order valence-electron chi connectivity index (χ0n) is 13.4. The number of hydrogen-bond donors (Lipinski definition) is 0. The summed E-state index contributed by atoms with van der Waals surface area (Å²) in [5.41, 5.74) is 1.17. The van der Waals surface area contributed by atoms with Gasteiger partial charge in [-0.05, 0) is 49.8 Å². The number of hydrogen-bond acceptors (Lipinski definition) is 2. The molecule has 3 rings (SSSR count). The van der Waals surface area contributed by atoms with Crippen LogP contribution in [0.2, 0.25) is 0 Å². The Labute approximate surface area is 135 Å². The lowest BCUT2D eigenvalue weighted by Gasteiger charge is -2.33. The van der Waals surface area contributed by atoms with Gasteiger partial charge in [-0.25, -0.2) is 9.37 Å². The van der Waals surface area contributed by atoms with Crippen molar-refractivity contribution >= 4 is 5.91 Å². The highest BCUT2D eigenvalue weighted by Crippen LogP contribution is 2.23. The predicted molar refractivity (Wildman–Crippen MR) is 86.3 cm³/mol. The van der Waals surface area contributed by atoms with Crippen molar-refractivity contribution in [1.29, 1.82) is 0 Å². The SMILES string of the molecule is C[C@H](C(=O)N1CCC(Cc2ccc(F)cc2)CC1)n1ccnc1. The minimum Gasteiger partial charge on any atom is -0.341 e. The molecular formula is C18H22FN3O. The molecule has 1 aromatic heterocycles. The molecule has 0 saturated carbocycles. The van der Waals surface area contributed by atoms with E-state index in [0.717, 1.165) is 32.4 Å². The summed E-state index contributed by atoms with van der Waals surface area (Å²) in [4.78, 5) is 18.5. The molecule has 1 aromatic carbocycles. The molecule has 0 unspecified atom stereocenters. The summed E-state index contributed by atoms with van der Waals surface area (Å²) in [7, 11) is 0. The van der Waals surface area contributed by atoms with Crippen LogP contribution in [0.1, 0.15) is 31.4 Å². The van der Waals surface area contributed by atoms with Gasteiger partial charge in [0.15, 0.2) is 0 Å². The molecule has 0 spiro atoms. The molecule has 0 radical (unpaired) electrons. The first-order chi connectivity index (χ1) is 11.1. The Morgan fingerprint density at radius 1 is 1.30 bits per heavy atom. The first-order valence-electron chi connectivity index (χ1n) is 8.14. The molecule has 1 saturated heterocycles. The van der Waals surface area contributed by atoms with E-state index in [0.29, 0.717) is 5.92 Å². The maximum absolute atomic E-state index is 12.9. The molecule has 122 valence electrons. The molecule has 4 nitrogen and oxygen atoms in total. The average molecular weight is 315 g/mol. The fourth-order valence-corrected chi connectivity index (χ4v) is 3.20. The number of nitrogens with zero attached hydrogens (tertiary/aromatic N) is 3. The monoisotopic (exact) mass is 315 g/mol. The lowest BCUT2D eigenvalue weighted by molar-refractivity contribution is -0.135. The van der Waals surface area contributed by atoms with Crippen LogP contribution in [0, 0.1) is 11.7 Å². The Bertz CT molecular complexity index is 631. The normalized spacial score (nSPS) is 17.2. The van der Waals surface area contributed by atoms with Gasteiger partial charge in [0.1, 0.15) is 11.9 Å². The highest BCUT2D eigenvalue weighted by molar-refractivity contribution is 5.80. The van der Waals surface area contributed by atoms with Crippen LogP contribution in [-0.2, 0) is 11.2 Å². The van der Waals surface area contributed by atoms with E-state index in [-0.39, 0.29) is 17.8 Å². The minimum atomic E-state index is -0.203. The third-order valence-corrected chi connectivity index (χ3v) is 4.69. The van der Waals surface area contributed by atoms with Gasteiger partial charge in [-0.2, -0.15) is 0 Å². The summed E-state index contributed by atoms with van der Waals surface area (Å²) in [5, 5.41) is 0. The van der Waals surface area contributed by atoms with Crippen LogP contribution in [-0.4, -0.2) is 33.4 Å². The largest absolute Gasteiger partial charge is 0.341 e. The number of amides is 1. The molecule has 2 aromatic rings. The number of likely N-dealkylation sites (tertiary alicyclic amines) is 1. The fourth-order valence-electron chi connectivity index (χ4n) is 3.20. The molecule has 1 amide bonds. The van der Waals surface area contributed by atoms with E-state index in [2.05, 4.69) is 4.98 Å². The van der Waals surface area contributed by atoms with E-state index < -0.39 is 0 Å². The summed E-state index contributed by atoms with van der Waals surface area (Å²) in [6, 6.07) is 6.54. The van der Waals surface area contributed by atoms with Gasteiger partial charge in [-0.3, -0.25) is 4.79 Å². The van der Waals surface area contributed by atoms with E-state index in [1.807, 2.05) is 34.7 Å². The van der Waals surface area contributed by atoms with E-state index in [4.69, 9.17) is 0 Å². The lowest BCUT2D eigenvalue weighted by Crippen LogP contribution is -2.42. The van der Waals surface area contributed by atoms with E-state index in [1.165, 1.54) is 17.7 Å².